The minimum atomic E-state index is -1.24. The molecule has 0 aliphatic carbocycles. The van der Waals surface area contributed by atoms with Gasteiger partial charge < -0.3 is 0 Å². The summed E-state index contributed by atoms with van der Waals surface area (Å²) in [5.41, 5.74) is 2.54. The lowest BCUT2D eigenvalue weighted by atomic mass is 10.0. The third kappa shape index (κ3) is 7.04. The first kappa shape index (κ1) is 21.5. The second-order valence-corrected chi connectivity index (χ2v) is 10.2. The van der Waals surface area contributed by atoms with Crippen molar-refractivity contribution < 1.29 is 4.21 Å². The topological polar surface area (TPSA) is 32.7 Å². The van der Waals surface area contributed by atoms with E-state index in [1.165, 1.54) is 11.1 Å². The van der Waals surface area contributed by atoms with Gasteiger partial charge in [-0.2, -0.15) is 4.40 Å². The number of nitrogens with zero attached hydrogens (tertiary/aromatic N) is 2. The van der Waals surface area contributed by atoms with Crippen molar-refractivity contribution in [2.45, 2.75) is 58.5 Å². The van der Waals surface area contributed by atoms with E-state index >= 15 is 0 Å². The molecule has 0 aliphatic rings. The van der Waals surface area contributed by atoms with Crippen LogP contribution in [-0.4, -0.2) is 26.1 Å². The van der Waals surface area contributed by atoms with E-state index in [4.69, 9.17) is 0 Å². The van der Waals surface area contributed by atoms with Crippen LogP contribution in [0.3, 0.4) is 0 Å². The quantitative estimate of drug-likeness (QED) is 0.583. The van der Waals surface area contributed by atoms with Crippen LogP contribution in [0.4, 0.5) is 0 Å². The molecule has 0 saturated carbocycles. The van der Waals surface area contributed by atoms with Gasteiger partial charge in [0.25, 0.3) is 0 Å². The van der Waals surface area contributed by atoms with Crippen LogP contribution in [0.2, 0.25) is 0 Å². The predicted octanol–water partition coefficient (Wildman–Crippen LogP) is 5.25. The fourth-order valence-electron chi connectivity index (χ4n) is 2.87. The zero-order valence-electron chi connectivity index (χ0n) is 17.1. The summed E-state index contributed by atoms with van der Waals surface area (Å²) < 4.78 is 16.5. The average Bonchev–Trinajstić information content (AvgIpc) is 2.62. The molecular weight excluding hydrogens is 352 g/mol. The molecule has 146 valence electrons. The molecule has 2 aromatic rings. The normalized spacial score (nSPS) is 14.8. The third-order valence-corrected chi connectivity index (χ3v) is 5.76. The lowest BCUT2D eigenvalue weighted by Gasteiger charge is -2.32. The van der Waals surface area contributed by atoms with Crippen LogP contribution < -0.4 is 0 Å². The minimum Gasteiger partial charge on any atom is -0.287 e. The summed E-state index contributed by atoms with van der Waals surface area (Å²) in [7, 11) is -1.24. The van der Waals surface area contributed by atoms with E-state index in [2.05, 4.69) is 71.7 Å². The van der Waals surface area contributed by atoms with E-state index in [1.54, 1.807) is 0 Å². The summed E-state index contributed by atoms with van der Waals surface area (Å²) in [6, 6.07) is 21.1. The Labute approximate surface area is 167 Å². The van der Waals surface area contributed by atoms with Gasteiger partial charge in [0.05, 0.1) is 4.75 Å². The Bertz CT molecular complexity index is 694. The Hall–Kier alpha value is -1.78. The second-order valence-electron chi connectivity index (χ2n) is 8.23. The second kappa shape index (κ2) is 9.95. The lowest BCUT2D eigenvalue weighted by molar-refractivity contribution is 0.190. The van der Waals surface area contributed by atoms with Crippen molar-refractivity contribution in [1.82, 2.24) is 4.90 Å². The Morgan fingerprint density at radius 3 is 1.74 bits per heavy atom. The van der Waals surface area contributed by atoms with Crippen molar-refractivity contribution in [2.24, 2.45) is 10.3 Å². The molecule has 0 bridgehead atoms. The maximum absolute atomic E-state index is 12.4. The summed E-state index contributed by atoms with van der Waals surface area (Å²) in [4.78, 5) is 2.42. The summed E-state index contributed by atoms with van der Waals surface area (Å²) in [6.07, 6.45) is 1.90. The molecule has 0 aliphatic heterocycles. The average molecular weight is 385 g/mol. The maximum atomic E-state index is 12.4. The molecule has 4 heteroatoms. The molecule has 0 radical (unpaired) electrons. The first-order valence-electron chi connectivity index (χ1n) is 9.55. The van der Waals surface area contributed by atoms with Gasteiger partial charge in [-0.3, -0.25) is 4.90 Å². The summed E-state index contributed by atoms with van der Waals surface area (Å²) in [6.45, 7) is 11.9. The molecule has 3 nitrogen and oxygen atoms in total. The SMILES string of the molecule is CC(C)[C@@H](/C=N/[S@](=O)C(C)(C)C)N(Cc1ccccc1)Cc1ccccc1. The Morgan fingerprint density at radius 2 is 1.37 bits per heavy atom. The molecule has 0 unspecified atom stereocenters. The van der Waals surface area contributed by atoms with Crippen molar-refractivity contribution in [3.63, 3.8) is 0 Å². The molecule has 0 aromatic heterocycles. The molecular formula is C23H32N2OS. The van der Waals surface area contributed by atoms with Crippen LogP contribution in [-0.2, 0) is 24.1 Å². The molecule has 2 aromatic carbocycles. The van der Waals surface area contributed by atoms with Gasteiger partial charge in [-0.25, -0.2) is 4.21 Å². The van der Waals surface area contributed by atoms with Gasteiger partial charge in [-0.05, 0) is 37.8 Å². The van der Waals surface area contributed by atoms with Crippen LogP contribution in [0, 0.1) is 5.92 Å². The summed E-state index contributed by atoms with van der Waals surface area (Å²) in [5.74, 6) is 0.359. The highest BCUT2D eigenvalue weighted by Crippen LogP contribution is 2.19. The Kier molecular flexibility index (Phi) is 7.93. The van der Waals surface area contributed by atoms with Crippen LogP contribution >= 0.6 is 0 Å². The molecule has 0 N–H and O–H groups in total. The van der Waals surface area contributed by atoms with Gasteiger partial charge in [0, 0.05) is 25.3 Å². The summed E-state index contributed by atoms with van der Waals surface area (Å²) >= 11 is 0. The van der Waals surface area contributed by atoms with Gasteiger partial charge in [-0.15, -0.1) is 0 Å². The molecule has 2 atom stereocenters. The monoisotopic (exact) mass is 384 g/mol. The Balaban J connectivity index is 2.29. The molecule has 0 amide bonds. The minimum absolute atomic E-state index is 0.108. The van der Waals surface area contributed by atoms with E-state index < -0.39 is 11.0 Å². The zero-order valence-corrected chi connectivity index (χ0v) is 17.9. The van der Waals surface area contributed by atoms with Crippen molar-refractivity contribution in [1.29, 1.82) is 0 Å². The lowest BCUT2D eigenvalue weighted by Crippen LogP contribution is -2.39. The number of benzene rings is 2. The summed E-state index contributed by atoms with van der Waals surface area (Å²) in [5, 5.41) is 0. The van der Waals surface area contributed by atoms with Crippen LogP contribution in [0.15, 0.2) is 65.1 Å². The van der Waals surface area contributed by atoms with Crippen LogP contribution in [0.25, 0.3) is 0 Å². The van der Waals surface area contributed by atoms with Crippen LogP contribution in [0.1, 0.15) is 45.7 Å². The van der Waals surface area contributed by atoms with Gasteiger partial charge in [0.15, 0.2) is 0 Å². The first-order chi connectivity index (χ1) is 12.8. The third-order valence-electron chi connectivity index (χ3n) is 4.39. The van der Waals surface area contributed by atoms with E-state index in [0.717, 1.165) is 13.1 Å². The maximum Gasteiger partial charge on any atom is 0.144 e. The first-order valence-corrected chi connectivity index (χ1v) is 10.7. The smallest absolute Gasteiger partial charge is 0.144 e. The number of hydrogen-bond acceptors (Lipinski definition) is 2. The van der Waals surface area contributed by atoms with Crippen molar-refractivity contribution in [2.75, 3.05) is 0 Å². The van der Waals surface area contributed by atoms with E-state index in [0.29, 0.717) is 5.92 Å². The van der Waals surface area contributed by atoms with E-state index in [9.17, 15) is 4.21 Å². The molecule has 2 rings (SSSR count). The van der Waals surface area contributed by atoms with Crippen molar-refractivity contribution >= 4 is 17.2 Å². The van der Waals surface area contributed by atoms with Crippen molar-refractivity contribution in [3.8, 4) is 0 Å². The molecule has 27 heavy (non-hydrogen) atoms. The van der Waals surface area contributed by atoms with Crippen LogP contribution in [0.5, 0.6) is 0 Å². The van der Waals surface area contributed by atoms with Gasteiger partial charge in [0.1, 0.15) is 11.0 Å². The fourth-order valence-corrected chi connectivity index (χ4v) is 3.42. The van der Waals surface area contributed by atoms with Gasteiger partial charge in [-0.1, -0.05) is 74.5 Å². The highest BCUT2D eigenvalue weighted by Gasteiger charge is 2.23. The zero-order chi connectivity index (χ0) is 19.9. The van der Waals surface area contributed by atoms with Crippen molar-refractivity contribution in [3.05, 3.63) is 71.8 Å². The molecule has 0 spiro atoms. The van der Waals surface area contributed by atoms with Gasteiger partial charge in [0.2, 0.25) is 0 Å². The van der Waals surface area contributed by atoms with E-state index in [-0.39, 0.29) is 10.8 Å². The largest absolute Gasteiger partial charge is 0.287 e. The number of hydrogen-bond donors (Lipinski definition) is 0. The van der Waals surface area contributed by atoms with E-state index in [1.807, 2.05) is 39.1 Å². The molecule has 0 saturated heterocycles. The molecule has 0 fully saturated rings. The standard InChI is InChI=1S/C23H32N2OS/c1-19(2)22(16-24-27(26)23(3,4)5)25(17-20-12-8-6-9-13-20)18-21-14-10-7-11-15-21/h6-16,19,22H,17-18H2,1-5H3/b24-16+/t22-,27-/m1/s1. The van der Waals surface area contributed by atoms with Gasteiger partial charge >= 0.3 is 0 Å². The highest BCUT2D eigenvalue weighted by atomic mass is 32.2. The fraction of sp³-hybridized carbons (Fsp3) is 0.435. The highest BCUT2D eigenvalue weighted by molar-refractivity contribution is 7.85. The number of rotatable bonds is 8. The predicted molar refractivity (Wildman–Crippen MR) is 117 cm³/mol. The Morgan fingerprint density at radius 1 is 0.926 bits per heavy atom. The molecule has 0 heterocycles.